The Labute approximate surface area is 201 Å². The van der Waals surface area contributed by atoms with Crippen LogP contribution in [0.4, 0.5) is 5.82 Å². The van der Waals surface area contributed by atoms with E-state index in [2.05, 4.69) is 15.3 Å². The maximum atomic E-state index is 13.0. The van der Waals surface area contributed by atoms with E-state index in [4.69, 9.17) is 22.3 Å². The lowest BCUT2D eigenvalue weighted by Crippen LogP contribution is -2.25. The predicted octanol–water partition coefficient (Wildman–Crippen LogP) is 4.86. The Bertz CT molecular complexity index is 1510. The molecule has 0 radical (unpaired) electrons. The molecule has 0 fully saturated rings. The molecule has 0 spiro atoms. The molecule has 0 saturated carbocycles. The van der Waals surface area contributed by atoms with Crippen LogP contribution in [-0.2, 0) is 13.6 Å². The molecule has 5 aromatic rings. The Hall–Kier alpha value is -4.23. The van der Waals surface area contributed by atoms with Crippen molar-refractivity contribution in [3.8, 4) is 22.5 Å². The second-order valence-electron chi connectivity index (χ2n) is 7.92. The van der Waals surface area contributed by atoms with Crippen LogP contribution >= 0.6 is 11.6 Å². The Morgan fingerprint density at radius 3 is 2.59 bits per heavy atom. The van der Waals surface area contributed by atoms with Crippen molar-refractivity contribution in [3.63, 3.8) is 0 Å². The Morgan fingerprint density at radius 2 is 1.82 bits per heavy atom. The van der Waals surface area contributed by atoms with Crippen molar-refractivity contribution in [2.75, 3.05) is 5.73 Å². The zero-order valence-electron chi connectivity index (χ0n) is 18.4. The summed E-state index contributed by atoms with van der Waals surface area (Å²) in [5.74, 6) is -0.343. The molecule has 5 rings (SSSR count). The fourth-order valence-corrected chi connectivity index (χ4v) is 4.11. The zero-order chi connectivity index (χ0) is 23.7. The van der Waals surface area contributed by atoms with Gasteiger partial charge in [-0.05, 0) is 29.8 Å². The number of carbonyl (C=O) groups excluding carboxylic acids is 1. The topological polar surface area (TPSA) is 98.7 Å². The number of benzene rings is 2. The molecule has 0 aliphatic carbocycles. The fraction of sp³-hybridized carbons (Fsp3) is 0.0769. The molecule has 0 atom stereocenters. The van der Waals surface area contributed by atoms with Crippen LogP contribution < -0.4 is 11.1 Å². The standard InChI is InChI=1S/C26H21ClN6O/c1-33-11-9-16(15-33)14-30-26(34)24-25(28)32-22(17-6-3-2-4-7-17)23(31-24)19-12-18-8-5-10-29-21(18)20(27)13-19/h2-13,15H,14H2,1H3,(H2,28,32)(H,30,34). The van der Waals surface area contributed by atoms with Gasteiger partial charge < -0.3 is 15.6 Å². The van der Waals surface area contributed by atoms with Gasteiger partial charge in [0.05, 0.1) is 21.9 Å². The van der Waals surface area contributed by atoms with Gasteiger partial charge in [-0.15, -0.1) is 0 Å². The van der Waals surface area contributed by atoms with Crippen molar-refractivity contribution in [3.05, 3.63) is 95.5 Å². The lowest BCUT2D eigenvalue weighted by molar-refractivity contribution is 0.0946. The number of pyridine rings is 1. The minimum atomic E-state index is -0.400. The molecule has 168 valence electrons. The number of hydrogen-bond donors (Lipinski definition) is 2. The summed E-state index contributed by atoms with van der Waals surface area (Å²) in [6.45, 7) is 0.351. The number of amides is 1. The van der Waals surface area contributed by atoms with Crippen molar-refractivity contribution in [1.29, 1.82) is 0 Å². The number of halogens is 1. The molecule has 7 nitrogen and oxygen atoms in total. The quantitative estimate of drug-likeness (QED) is 0.383. The van der Waals surface area contributed by atoms with Gasteiger partial charge in [-0.3, -0.25) is 9.78 Å². The van der Waals surface area contributed by atoms with Gasteiger partial charge in [-0.1, -0.05) is 48.0 Å². The summed E-state index contributed by atoms with van der Waals surface area (Å²) in [5.41, 5.74) is 10.6. The zero-order valence-corrected chi connectivity index (χ0v) is 19.1. The molecule has 8 heteroatoms. The van der Waals surface area contributed by atoms with Crippen LogP contribution in [0.25, 0.3) is 33.4 Å². The average molecular weight is 469 g/mol. The number of hydrogen-bond acceptors (Lipinski definition) is 5. The van der Waals surface area contributed by atoms with Crippen molar-refractivity contribution in [2.45, 2.75) is 6.54 Å². The summed E-state index contributed by atoms with van der Waals surface area (Å²) in [4.78, 5) is 26.7. The molecule has 2 aromatic carbocycles. The number of nitrogens with zero attached hydrogens (tertiary/aromatic N) is 4. The van der Waals surface area contributed by atoms with E-state index in [9.17, 15) is 4.79 Å². The maximum absolute atomic E-state index is 13.0. The first-order valence-electron chi connectivity index (χ1n) is 10.7. The highest BCUT2D eigenvalue weighted by molar-refractivity contribution is 6.35. The highest BCUT2D eigenvalue weighted by Crippen LogP contribution is 2.34. The number of nitrogens with two attached hydrogens (primary N) is 1. The van der Waals surface area contributed by atoms with Gasteiger partial charge in [-0.2, -0.15) is 0 Å². The molecule has 34 heavy (non-hydrogen) atoms. The predicted molar refractivity (Wildman–Crippen MR) is 134 cm³/mol. The fourth-order valence-electron chi connectivity index (χ4n) is 3.83. The van der Waals surface area contributed by atoms with Crippen molar-refractivity contribution in [1.82, 2.24) is 24.8 Å². The molecule has 3 heterocycles. The molecular formula is C26H21ClN6O. The van der Waals surface area contributed by atoms with E-state index in [1.165, 1.54) is 0 Å². The summed E-state index contributed by atoms with van der Waals surface area (Å²) >= 11 is 6.55. The van der Waals surface area contributed by atoms with Crippen LogP contribution in [0.2, 0.25) is 5.02 Å². The summed E-state index contributed by atoms with van der Waals surface area (Å²) in [6.07, 6.45) is 5.55. The number of carbonyl (C=O) groups is 1. The summed E-state index contributed by atoms with van der Waals surface area (Å²) in [7, 11) is 1.92. The molecular weight excluding hydrogens is 448 g/mol. The average Bonchev–Trinajstić information content (AvgIpc) is 3.28. The van der Waals surface area contributed by atoms with E-state index in [1.807, 2.05) is 78.6 Å². The minimum absolute atomic E-state index is 0.0571. The van der Waals surface area contributed by atoms with Crippen LogP contribution in [0, 0.1) is 0 Å². The second-order valence-corrected chi connectivity index (χ2v) is 8.33. The molecule has 0 unspecified atom stereocenters. The van der Waals surface area contributed by atoms with E-state index >= 15 is 0 Å². The van der Waals surface area contributed by atoms with E-state index < -0.39 is 5.91 Å². The molecule has 3 aromatic heterocycles. The van der Waals surface area contributed by atoms with Crippen molar-refractivity contribution in [2.24, 2.45) is 7.05 Å². The Morgan fingerprint density at radius 1 is 1.03 bits per heavy atom. The number of nitrogens with one attached hydrogen (secondary N) is 1. The molecule has 1 amide bonds. The van der Waals surface area contributed by atoms with E-state index in [0.29, 0.717) is 34.0 Å². The van der Waals surface area contributed by atoms with Crippen molar-refractivity contribution >= 4 is 34.2 Å². The van der Waals surface area contributed by atoms with Crippen LogP contribution in [0.15, 0.2) is 79.3 Å². The van der Waals surface area contributed by atoms with Gasteiger partial charge in [0.25, 0.3) is 5.91 Å². The lowest BCUT2D eigenvalue weighted by atomic mass is 10.0. The number of anilines is 1. The third-order valence-electron chi connectivity index (χ3n) is 5.46. The monoisotopic (exact) mass is 468 g/mol. The molecule has 0 saturated heterocycles. The van der Waals surface area contributed by atoms with Crippen LogP contribution in [0.5, 0.6) is 0 Å². The summed E-state index contributed by atoms with van der Waals surface area (Å²) in [5, 5.41) is 4.22. The Balaban J connectivity index is 1.62. The number of fused-ring (bicyclic) bond motifs is 1. The molecule has 0 aliphatic heterocycles. The number of rotatable bonds is 5. The minimum Gasteiger partial charge on any atom is -0.382 e. The van der Waals surface area contributed by atoms with Gasteiger partial charge in [0.15, 0.2) is 11.5 Å². The lowest BCUT2D eigenvalue weighted by Gasteiger charge is -2.14. The third kappa shape index (κ3) is 4.21. The van der Waals surface area contributed by atoms with E-state index in [0.717, 1.165) is 16.5 Å². The first kappa shape index (κ1) is 21.6. The van der Waals surface area contributed by atoms with E-state index in [1.54, 1.807) is 12.3 Å². The second kappa shape index (κ2) is 8.96. The van der Waals surface area contributed by atoms with Gasteiger partial charge in [-0.25, -0.2) is 9.97 Å². The molecule has 0 aliphatic rings. The highest BCUT2D eigenvalue weighted by Gasteiger charge is 2.21. The molecule has 0 bridgehead atoms. The first-order chi connectivity index (χ1) is 16.5. The van der Waals surface area contributed by atoms with Gasteiger partial charge >= 0.3 is 0 Å². The van der Waals surface area contributed by atoms with Crippen LogP contribution in [0.1, 0.15) is 16.1 Å². The maximum Gasteiger partial charge on any atom is 0.274 e. The normalized spacial score (nSPS) is 11.0. The summed E-state index contributed by atoms with van der Waals surface area (Å²) < 4.78 is 1.92. The van der Waals surface area contributed by atoms with Crippen molar-refractivity contribution < 1.29 is 4.79 Å². The largest absolute Gasteiger partial charge is 0.382 e. The number of aromatic nitrogens is 4. The third-order valence-corrected chi connectivity index (χ3v) is 5.75. The number of aryl methyl sites for hydroxylation is 1. The first-order valence-corrected chi connectivity index (χ1v) is 11.0. The van der Waals surface area contributed by atoms with E-state index in [-0.39, 0.29) is 11.5 Å². The smallest absolute Gasteiger partial charge is 0.274 e. The number of nitrogen functional groups attached to an aromatic ring is 1. The van der Waals surface area contributed by atoms with Crippen LogP contribution in [-0.4, -0.2) is 25.4 Å². The summed E-state index contributed by atoms with van der Waals surface area (Å²) in [6, 6.07) is 19.0. The SMILES string of the molecule is Cn1ccc(CNC(=O)c2nc(-c3cc(Cl)c4ncccc4c3)c(-c3ccccc3)nc2N)c1. The van der Waals surface area contributed by atoms with Gasteiger partial charge in [0.1, 0.15) is 0 Å². The van der Waals surface area contributed by atoms with Gasteiger partial charge in [0, 0.05) is 48.7 Å². The van der Waals surface area contributed by atoms with Gasteiger partial charge in [0.2, 0.25) is 0 Å². The highest BCUT2D eigenvalue weighted by atomic mass is 35.5. The Kier molecular flexibility index (Phi) is 5.69. The van der Waals surface area contributed by atoms with Crippen LogP contribution in [0.3, 0.4) is 0 Å². The molecule has 3 N–H and O–H groups in total.